The van der Waals surface area contributed by atoms with E-state index in [4.69, 9.17) is 0 Å². The molecular weight excluding hydrogens is 416 g/mol. The van der Waals surface area contributed by atoms with Crippen LogP contribution < -0.4 is 4.90 Å². The van der Waals surface area contributed by atoms with E-state index in [-0.39, 0.29) is 11.1 Å². The van der Waals surface area contributed by atoms with Crippen LogP contribution in [0.2, 0.25) is 0 Å². The van der Waals surface area contributed by atoms with Crippen molar-refractivity contribution < 1.29 is 8.42 Å². The molecule has 0 atom stereocenters. The summed E-state index contributed by atoms with van der Waals surface area (Å²) in [4.78, 5) is 19.7. The van der Waals surface area contributed by atoms with Crippen molar-refractivity contribution in [1.29, 1.82) is 0 Å². The quantitative estimate of drug-likeness (QED) is 0.592. The largest absolute Gasteiger partial charge is 0.354 e. The molecule has 0 N–H and O–H groups in total. The monoisotopic (exact) mass is 444 g/mol. The van der Waals surface area contributed by atoms with Crippen LogP contribution in [-0.2, 0) is 10.0 Å². The standard InChI is InChI=1S/C20H28N8O2S/c1-14(2)26-11-20(22-12-26)31(29,30)27-8-6-25(7-9-27)18-10-19(24-17(5)23-18)28-13-21-15(3)16(28)4/h10-14H,6-9H2,1-5H3. The molecule has 1 aliphatic heterocycles. The molecule has 4 rings (SSSR count). The number of piperazine rings is 1. The van der Waals surface area contributed by atoms with Gasteiger partial charge in [-0.25, -0.2) is 28.4 Å². The maximum absolute atomic E-state index is 13.0. The summed E-state index contributed by atoms with van der Waals surface area (Å²) in [6.45, 7) is 11.6. The van der Waals surface area contributed by atoms with Gasteiger partial charge < -0.3 is 9.47 Å². The second-order valence-corrected chi connectivity index (χ2v) is 9.95. The molecule has 1 fully saturated rings. The van der Waals surface area contributed by atoms with Gasteiger partial charge in [0, 0.05) is 50.2 Å². The summed E-state index contributed by atoms with van der Waals surface area (Å²) in [5.74, 6) is 2.21. The summed E-state index contributed by atoms with van der Waals surface area (Å²) in [6, 6.07) is 2.08. The molecule has 11 heteroatoms. The van der Waals surface area contributed by atoms with E-state index in [2.05, 4.69) is 24.8 Å². The molecule has 166 valence electrons. The molecule has 0 bridgehead atoms. The maximum Gasteiger partial charge on any atom is 0.262 e. The summed E-state index contributed by atoms with van der Waals surface area (Å²) < 4.78 is 31.2. The van der Waals surface area contributed by atoms with Crippen LogP contribution in [0.1, 0.15) is 37.1 Å². The van der Waals surface area contributed by atoms with Gasteiger partial charge in [0.2, 0.25) is 0 Å². The van der Waals surface area contributed by atoms with Gasteiger partial charge in [-0.2, -0.15) is 4.31 Å². The van der Waals surface area contributed by atoms with Crippen LogP contribution in [0.3, 0.4) is 0 Å². The van der Waals surface area contributed by atoms with Crippen molar-refractivity contribution in [3.63, 3.8) is 0 Å². The first kappa shape index (κ1) is 21.4. The van der Waals surface area contributed by atoms with Gasteiger partial charge in [0.15, 0.2) is 5.03 Å². The molecule has 0 aliphatic carbocycles. The Morgan fingerprint density at radius 3 is 2.19 bits per heavy atom. The Morgan fingerprint density at radius 2 is 1.61 bits per heavy atom. The van der Waals surface area contributed by atoms with E-state index < -0.39 is 10.0 Å². The molecule has 31 heavy (non-hydrogen) atoms. The topological polar surface area (TPSA) is 102 Å². The van der Waals surface area contributed by atoms with Crippen LogP contribution >= 0.6 is 0 Å². The Kier molecular flexibility index (Phi) is 5.56. The zero-order valence-electron chi connectivity index (χ0n) is 18.5. The van der Waals surface area contributed by atoms with Crippen LogP contribution in [-0.4, -0.2) is 68.0 Å². The summed E-state index contributed by atoms with van der Waals surface area (Å²) >= 11 is 0. The fourth-order valence-electron chi connectivity index (χ4n) is 3.57. The number of anilines is 1. The fourth-order valence-corrected chi connectivity index (χ4v) is 4.92. The lowest BCUT2D eigenvalue weighted by molar-refractivity contribution is 0.382. The first-order valence-electron chi connectivity index (χ1n) is 10.3. The molecular formula is C20H28N8O2S. The van der Waals surface area contributed by atoms with Crippen molar-refractivity contribution in [2.24, 2.45) is 0 Å². The second kappa shape index (κ2) is 8.04. The van der Waals surface area contributed by atoms with Crippen LogP contribution in [0, 0.1) is 20.8 Å². The number of rotatable bonds is 5. The lowest BCUT2D eigenvalue weighted by atomic mass is 10.3. The minimum Gasteiger partial charge on any atom is -0.354 e. The van der Waals surface area contributed by atoms with E-state index in [9.17, 15) is 8.42 Å². The molecule has 0 amide bonds. The molecule has 1 aliphatic rings. The van der Waals surface area contributed by atoms with Crippen molar-refractivity contribution in [1.82, 2.24) is 33.4 Å². The van der Waals surface area contributed by atoms with Crippen LogP contribution in [0.5, 0.6) is 0 Å². The molecule has 10 nitrogen and oxygen atoms in total. The number of imidazole rings is 2. The van der Waals surface area contributed by atoms with Crippen molar-refractivity contribution >= 4 is 15.8 Å². The minimum absolute atomic E-state index is 0.0979. The highest BCUT2D eigenvalue weighted by atomic mass is 32.2. The molecule has 0 radical (unpaired) electrons. The molecule has 3 aromatic heterocycles. The first-order chi connectivity index (χ1) is 14.7. The highest BCUT2D eigenvalue weighted by molar-refractivity contribution is 7.89. The van der Waals surface area contributed by atoms with Gasteiger partial charge in [0.05, 0.1) is 12.0 Å². The Bertz CT molecular complexity index is 1190. The SMILES string of the molecule is Cc1nc(N2CCN(S(=O)(=O)c3cn(C(C)C)cn3)CC2)cc(-n2cnc(C)c2C)n1. The fraction of sp³-hybridized carbons (Fsp3) is 0.500. The Balaban J connectivity index is 1.51. The molecule has 4 heterocycles. The Labute approximate surface area is 182 Å². The van der Waals surface area contributed by atoms with Crippen LogP contribution in [0.25, 0.3) is 5.82 Å². The minimum atomic E-state index is -3.61. The van der Waals surface area contributed by atoms with Crippen LogP contribution in [0.15, 0.2) is 29.9 Å². The molecule has 0 saturated carbocycles. The number of sulfonamides is 1. The van der Waals surface area contributed by atoms with E-state index in [1.807, 2.05) is 45.3 Å². The molecule has 3 aromatic rings. The van der Waals surface area contributed by atoms with Gasteiger partial charge in [-0.15, -0.1) is 0 Å². The van der Waals surface area contributed by atoms with Crippen molar-refractivity contribution in [3.05, 3.63) is 42.1 Å². The highest BCUT2D eigenvalue weighted by Crippen LogP contribution is 2.22. The third-order valence-electron chi connectivity index (χ3n) is 5.65. The van der Waals surface area contributed by atoms with Crippen molar-refractivity contribution in [2.45, 2.75) is 45.7 Å². The third kappa shape index (κ3) is 4.07. The lowest BCUT2D eigenvalue weighted by Crippen LogP contribution is -2.49. The van der Waals surface area contributed by atoms with Crippen LogP contribution in [0.4, 0.5) is 5.82 Å². The van der Waals surface area contributed by atoms with Gasteiger partial charge in [-0.05, 0) is 34.6 Å². The Morgan fingerprint density at radius 1 is 0.935 bits per heavy atom. The molecule has 0 aromatic carbocycles. The van der Waals surface area contributed by atoms with Gasteiger partial charge >= 0.3 is 0 Å². The molecule has 0 spiro atoms. The summed E-state index contributed by atoms with van der Waals surface area (Å²) in [6.07, 6.45) is 4.93. The second-order valence-electron chi connectivity index (χ2n) is 8.06. The van der Waals surface area contributed by atoms with Gasteiger partial charge in [-0.3, -0.25) is 4.57 Å². The first-order valence-corrected chi connectivity index (χ1v) is 11.8. The van der Waals surface area contributed by atoms with E-state index in [0.717, 1.165) is 23.0 Å². The average molecular weight is 445 g/mol. The zero-order chi connectivity index (χ0) is 22.3. The number of nitrogens with zero attached hydrogens (tertiary/aromatic N) is 8. The van der Waals surface area contributed by atoms with E-state index in [1.54, 1.807) is 23.4 Å². The van der Waals surface area contributed by atoms with Crippen molar-refractivity contribution in [3.8, 4) is 5.82 Å². The van der Waals surface area contributed by atoms with E-state index >= 15 is 0 Å². The predicted molar refractivity (Wildman–Crippen MR) is 117 cm³/mol. The van der Waals surface area contributed by atoms with E-state index in [0.29, 0.717) is 32.0 Å². The third-order valence-corrected chi connectivity index (χ3v) is 7.43. The predicted octanol–water partition coefficient (Wildman–Crippen LogP) is 1.88. The highest BCUT2D eigenvalue weighted by Gasteiger charge is 2.31. The zero-order valence-corrected chi connectivity index (χ0v) is 19.3. The summed E-state index contributed by atoms with van der Waals surface area (Å²) in [5.41, 5.74) is 1.98. The summed E-state index contributed by atoms with van der Waals surface area (Å²) in [5, 5.41) is 0.0979. The van der Waals surface area contributed by atoms with Gasteiger partial charge in [0.1, 0.15) is 23.8 Å². The smallest absolute Gasteiger partial charge is 0.262 e. The van der Waals surface area contributed by atoms with E-state index in [1.165, 1.54) is 4.31 Å². The number of hydrogen-bond donors (Lipinski definition) is 0. The lowest BCUT2D eigenvalue weighted by Gasteiger charge is -2.34. The Hall–Kier alpha value is -2.79. The van der Waals surface area contributed by atoms with Gasteiger partial charge in [-0.1, -0.05) is 0 Å². The number of hydrogen-bond acceptors (Lipinski definition) is 7. The molecule has 0 unspecified atom stereocenters. The number of aromatic nitrogens is 6. The maximum atomic E-state index is 13.0. The molecule has 1 saturated heterocycles. The average Bonchev–Trinajstić information content (AvgIpc) is 3.36. The normalized spacial score (nSPS) is 15.7. The number of aryl methyl sites for hydroxylation is 2. The van der Waals surface area contributed by atoms with Gasteiger partial charge in [0.25, 0.3) is 10.0 Å². The van der Waals surface area contributed by atoms with Crippen molar-refractivity contribution in [2.75, 3.05) is 31.1 Å². The summed E-state index contributed by atoms with van der Waals surface area (Å²) in [7, 11) is -3.61.